The third kappa shape index (κ3) is 7.69. The van der Waals surface area contributed by atoms with Crippen molar-refractivity contribution in [3.63, 3.8) is 0 Å². The van der Waals surface area contributed by atoms with E-state index >= 15 is 0 Å². The van der Waals surface area contributed by atoms with E-state index in [0.29, 0.717) is 18.4 Å². The van der Waals surface area contributed by atoms with Gasteiger partial charge in [-0.05, 0) is 25.0 Å². The molecular weight excluding hydrogens is 461 g/mol. The van der Waals surface area contributed by atoms with Gasteiger partial charge in [-0.2, -0.15) is 0 Å². The highest BCUT2D eigenvalue weighted by Gasteiger charge is 2.07. The number of nitrogens with one attached hydrogen (secondary N) is 3. The third-order valence-corrected chi connectivity index (χ3v) is 4.22. The average molecular weight is 487 g/mol. The summed E-state index contributed by atoms with van der Waals surface area (Å²) < 4.78 is 0. The minimum Gasteiger partial charge on any atom is -0.357 e. The van der Waals surface area contributed by atoms with Crippen LogP contribution in [0.15, 0.2) is 40.7 Å². The van der Waals surface area contributed by atoms with Crippen molar-refractivity contribution in [1.82, 2.24) is 15.6 Å². The van der Waals surface area contributed by atoms with E-state index < -0.39 is 0 Å². The fourth-order valence-corrected chi connectivity index (χ4v) is 2.94. The number of halogens is 1. The molecule has 0 aliphatic carbocycles. The van der Waals surface area contributed by atoms with Gasteiger partial charge in [0.15, 0.2) is 5.96 Å². The van der Waals surface area contributed by atoms with Crippen molar-refractivity contribution in [3.05, 3.63) is 46.4 Å². The Morgan fingerprint density at radius 2 is 1.96 bits per heavy atom. The predicted octanol–water partition coefficient (Wildman–Crippen LogP) is 3.58. The summed E-state index contributed by atoms with van der Waals surface area (Å²) in [7, 11) is 0. The highest BCUT2D eigenvalue weighted by atomic mass is 127. The Kier molecular flexibility index (Phi) is 10.2. The molecule has 1 amide bonds. The largest absolute Gasteiger partial charge is 0.357 e. The molecule has 2 rings (SSSR count). The lowest BCUT2D eigenvalue weighted by Crippen LogP contribution is -2.37. The molecular formula is C18H26IN5OS. The van der Waals surface area contributed by atoms with Crippen LogP contribution in [0.3, 0.4) is 0 Å². The van der Waals surface area contributed by atoms with Crippen molar-refractivity contribution >= 4 is 52.9 Å². The molecule has 0 saturated carbocycles. The molecule has 142 valence electrons. The van der Waals surface area contributed by atoms with Gasteiger partial charge in [-0.25, -0.2) is 9.98 Å². The van der Waals surface area contributed by atoms with Crippen LogP contribution in [-0.2, 0) is 11.3 Å². The number of carbonyl (C=O) groups excluding carboxylic acids is 1. The summed E-state index contributed by atoms with van der Waals surface area (Å²) in [5.74, 6) is 0.875. The van der Waals surface area contributed by atoms with E-state index in [1.807, 2.05) is 37.3 Å². The van der Waals surface area contributed by atoms with E-state index in [1.54, 1.807) is 11.3 Å². The zero-order chi connectivity index (χ0) is 18.1. The van der Waals surface area contributed by atoms with E-state index in [1.165, 1.54) is 0 Å². The number of guanidine groups is 1. The molecule has 3 N–H and O–H groups in total. The van der Waals surface area contributed by atoms with Gasteiger partial charge in [-0.1, -0.05) is 32.0 Å². The van der Waals surface area contributed by atoms with Gasteiger partial charge in [0.1, 0.15) is 11.6 Å². The zero-order valence-electron chi connectivity index (χ0n) is 15.3. The zero-order valence-corrected chi connectivity index (χ0v) is 18.4. The van der Waals surface area contributed by atoms with Crippen molar-refractivity contribution in [2.45, 2.75) is 33.2 Å². The first-order valence-electron chi connectivity index (χ1n) is 8.40. The van der Waals surface area contributed by atoms with Gasteiger partial charge in [0.2, 0.25) is 5.91 Å². The molecule has 6 nitrogen and oxygen atoms in total. The number of hydrogen-bond donors (Lipinski definition) is 3. The highest BCUT2D eigenvalue weighted by molar-refractivity contribution is 14.0. The van der Waals surface area contributed by atoms with E-state index in [-0.39, 0.29) is 36.4 Å². The van der Waals surface area contributed by atoms with E-state index in [2.05, 4.69) is 45.2 Å². The lowest BCUT2D eigenvalue weighted by molar-refractivity contribution is -0.114. The number of hydrogen-bond acceptors (Lipinski definition) is 4. The molecule has 2 aromatic rings. The van der Waals surface area contributed by atoms with Gasteiger partial charge in [-0.15, -0.1) is 35.3 Å². The summed E-state index contributed by atoms with van der Waals surface area (Å²) in [5, 5.41) is 12.3. The first-order valence-corrected chi connectivity index (χ1v) is 9.27. The van der Waals surface area contributed by atoms with Crippen LogP contribution in [0.1, 0.15) is 37.4 Å². The van der Waals surface area contributed by atoms with Gasteiger partial charge >= 0.3 is 0 Å². The Morgan fingerprint density at radius 3 is 2.58 bits per heavy atom. The number of para-hydroxylation sites is 1. The van der Waals surface area contributed by atoms with E-state index in [0.717, 1.165) is 22.9 Å². The summed E-state index contributed by atoms with van der Waals surface area (Å²) >= 11 is 1.63. The Labute approximate surface area is 175 Å². The Bertz CT molecular complexity index is 703. The van der Waals surface area contributed by atoms with Crippen LogP contribution in [0.5, 0.6) is 0 Å². The van der Waals surface area contributed by atoms with Gasteiger partial charge in [0, 0.05) is 17.6 Å². The molecule has 8 heteroatoms. The van der Waals surface area contributed by atoms with Gasteiger partial charge in [0.05, 0.1) is 12.2 Å². The Balaban J connectivity index is 0.00000338. The fourth-order valence-electron chi connectivity index (χ4n) is 2.05. The maximum Gasteiger partial charge on any atom is 0.246 e. The van der Waals surface area contributed by atoms with Crippen molar-refractivity contribution < 1.29 is 4.79 Å². The maximum absolute atomic E-state index is 12.0. The summed E-state index contributed by atoms with van der Waals surface area (Å²) in [6, 6.07) is 9.36. The van der Waals surface area contributed by atoms with Gasteiger partial charge in [0.25, 0.3) is 0 Å². The lowest BCUT2D eigenvalue weighted by Gasteiger charge is -2.10. The minimum atomic E-state index is -0.153. The Hall–Kier alpha value is -1.68. The second-order valence-electron chi connectivity index (χ2n) is 5.78. The van der Waals surface area contributed by atoms with Crippen molar-refractivity contribution in [2.75, 3.05) is 18.4 Å². The second kappa shape index (κ2) is 11.8. The van der Waals surface area contributed by atoms with Crippen LogP contribution in [0, 0.1) is 0 Å². The van der Waals surface area contributed by atoms with Crippen LogP contribution >= 0.6 is 35.3 Å². The molecule has 1 aromatic heterocycles. The fraction of sp³-hybridized carbons (Fsp3) is 0.389. The number of rotatable bonds is 7. The normalized spacial score (nSPS) is 11.0. The average Bonchev–Trinajstić information content (AvgIpc) is 3.07. The van der Waals surface area contributed by atoms with Gasteiger partial charge in [-0.3, -0.25) is 4.79 Å². The number of anilines is 1. The van der Waals surface area contributed by atoms with Crippen LogP contribution in [0.2, 0.25) is 0 Å². The number of aliphatic imine (C=N–C) groups is 1. The Morgan fingerprint density at radius 1 is 1.23 bits per heavy atom. The maximum atomic E-state index is 12.0. The number of carbonyl (C=O) groups is 1. The second-order valence-corrected chi connectivity index (χ2v) is 6.73. The van der Waals surface area contributed by atoms with Crippen LogP contribution in [0.25, 0.3) is 0 Å². The predicted molar refractivity (Wildman–Crippen MR) is 120 cm³/mol. The SMILES string of the molecule is CCNC(=NCC(=O)Nc1ccccc1)NCc1nc(C(C)C)cs1.I. The monoisotopic (exact) mass is 487 g/mol. The van der Waals surface area contributed by atoms with Crippen molar-refractivity contribution in [2.24, 2.45) is 4.99 Å². The summed E-state index contributed by atoms with van der Waals surface area (Å²) in [4.78, 5) is 20.9. The molecule has 26 heavy (non-hydrogen) atoms. The van der Waals surface area contributed by atoms with E-state index in [9.17, 15) is 4.79 Å². The molecule has 0 aliphatic heterocycles. The highest BCUT2D eigenvalue weighted by Crippen LogP contribution is 2.17. The first-order chi connectivity index (χ1) is 12.1. The number of nitrogens with zero attached hydrogens (tertiary/aromatic N) is 2. The molecule has 0 radical (unpaired) electrons. The third-order valence-electron chi connectivity index (χ3n) is 3.35. The molecule has 0 spiro atoms. The van der Waals surface area contributed by atoms with E-state index in [4.69, 9.17) is 0 Å². The molecule has 0 unspecified atom stereocenters. The molecule has 0 saturated heterocycles. The number of amides is 1. The molecule has 1 heterocycles. The van der Waals surface area contributed by atoms with Crippen LogP contribution in [-0.4, -0.2) is 29.9 Å². The summed E-state index contributed by atoms with van der Waals surface area (Å²) in [5.41, 5.74) is 1.87. The van der Waals surface area contributed by atoms with Crippen LogP contribution < -0.4 is 16.0 Å². The summed E-state index contributed by atoms with van der Waals surface area (Å²) in [6.07, 6.45) is 0. The molecule has 0 bridgehead atoms. The molecule has 0 fully saturated rings. The minimum absolute atomic E-state index is 0. The quantitative estimate of drug-likeness (QED) is 0.317. The number of aromatic nitrogens is 1. The molecule has 1 aromatic carbocycles. The van der Waals surface area contributed by atoms with Crippen molar-refractivity contribution in [3.8, 4) is 0 Å². The smallest absolute Gasteiger partial charge is 0.246 e. The standard InChI is InChI=1S/C18H25N5OS.HI/c1-4-19-18(21-11-17-23-15(12-25-17)13(2)3)20-10-16(24)22-14-8-6-5-7-9-14;/h5-9,12-13H,4,10-11H2,1-3H3,(H,22,24)(H2,19,20,21);1H. The van der Waals surface area contributed by atoms with Crippen molar-refractivity contribution in [1.29, 1.82) is 0 Å². The number of thiazole rings is 1. The molecule has 0 atom stereocenters. The topological polar surface area (TPSA) is 78.4 Å². The lowest BCUT2D eigenvalue weighted by atomic mass is 10.2. The number of benzene rings is 1. The van der Waals surface area contributed by atoms with Gasteiger partial charge < -0.3 is 16.0 Å². The van der Waals surface area contributed by atoms with Crippen LogP contribution in [0.4, 0.5) is 5.69 Å². The summed E-state index contributed by atoms with van der Waals surface area (Å²) in [6.45, 7) is 7.61. The molecule has 0 aliphatic rings. The first kappa shape index (κ1) is 22.4.